The molecule has 0 bridgehead atoms. The average Bonchev–Trinajstić information content (AvgIpc) is 2.74. The summed E-state index contributed by atoms with van der Waals surface area (Å²) < 4.78 is 28.0. The Morgan fingerprint density at radius 1 is 1.26 bits per heavy atom. The third-order valence-electron chi connectivity index (χ3n) is 3.28. The third kappa shape index (κ3) is 4.27. The minimum atomic E-state index is -2.47. The Kier molecular flexibility index (Phi) is 6.42. The normalized spacial score (nSPS) is 12.1. The van der Waals surface area contributed by atoms with E-state index in [-0.39, 0.29) is 11.7 Å². The van der Waals surface area contributed by atoms with E-state index in [2.05, 4.69) is 24.3 Å². The smallest absolute Gasteiger partial charge is 0.280 e. The van der Waals surface area contributed by atoms with Crippen molar-refractivity contribution in [3.05, 3.63) is 17.5 Å². The lowest BCUT2D eigenvalue weighted by molar-refractivity contribution is 0.133. The lowest BCUT2D eigenvalue weighted by Gasteiger charge is -2.17. The van der Waals surface area contributed by atoms with Gasteiger partial charge in [-0.3, -0.25) is 4.68 Å². The molecule has 0 unspecified atom stereocenters. The first kappa shape index (κ1) is 16.1. The van der Waals surface area contributed by atoms with Crippen molar-refractivity contribution in [2.24, 2.45) is 5.92 Å². The molecule has 0 saturated heterocycles. The first-order chi connectivity index (χ1) is 9.01. The van der Waals surface area contributed by atoms with Crippen LogP contribution in [0.5, 0.6) is 0 Å². The Labute approximate surface area is 114 Å². The van der Waals surface area contributed by atoms with Crippen molar-refractivity contribution in [2.45, 2.75) is 59.5 Å². The van der Waals surface area contributed by atoms with E-state index in [9.17, 15) is 8.78 Å². The molecule has 1 N–H and O–H groups in total. The van der Waals surface area contributed by atoms with Gasteiger partial charge < -0.3 is 5.32 Å². The second kappa shape index (κ2) is 7.58. The number of alkyl halides is 2. The minimum Gasteiger partial charge on any atom is -0.312 e. The van der Waals surface area contributed by atoms with Crippen LogP contribution in [-0.4, -0.2) is 16.3 Å². The lowest BCUT2D eigenvalue weighted by atomic mass is 10.1. The highest BCUT2D eigenvalue weighted by Crippen LogP contribution is 2.28. The summed E-state index contributed by atoms with van der Waals surface area (Å²) in [4.78, 5) is 0. The van der Waals surface area contributed by atoms with Crippen LogP contribution in [-0.2, 0) is 6.54 Å². The molecule has 0 spiro atoms. The van der Waals surface area contributed by atoms with Crippen molar-refractivity contribution in [1.82, 2.24) is 15.1 Å². The van der Waals surface area contributed by atoms with Crippen LogP contribution in [0.15, 0.2) is 6.20 Å². The van der Waals surface area contributed by atoms with Crippen LogP contribution < -0.4 is 5.32 Å². The molecule has 0 radical (unpaired) electrons. The maximum Gasteiger partial charge on any atom is 0.280 e. The highest BCUT2D eigenvalue weighted by atomic mass is 19.3. The molecule has 1 aromatic rings. The number of aromatic nitrogens is 2. The molecule has 0 fully saturated rings. The van der Waals surface area contributed by atoms with Crippen molar-refractivity contribution in [3.8, 4) is 0 Å². The molecule has 5 heteroatoms. The second-order valence-electron chi connectivity index (χ2n) is 5.30. The quantitative estimate of drug-likeness (QED) is 0.778. The van der Waals surface area contributed by atoms with E-state index in [1.165, 1.54) is 4.68 Å². The molecule has 0 aliphatic rings. The first-order valence-corrected chi connectivity index (χ1v) is 7.06. The fourth-order valence-electron chi connectivity index (χ4n) is 2.20. The van der Waals surface area contributed by atoms with Gasteiger partial charge in [0.15, 0.2) is 0 Å². The highest BCUT2D eigenvalue weighted by molar-refractivity contribution is 5.19. The average molecular weight is 273 g/mol. The molecule has 110 valence electrons. The van der Waals surface area contributed by atoms with Gasteiger partial charge in [0.2, 0.25) is 0 Å². The predicted molar refractivity (Wildman–Crippen MR) is 73.3 cm³/mol. The Hall–Kier alpha value is -0.970. The SMILES string of the molecule is CCC(CC)n1ncc(CNCC(C)C)c1C(F)F. The van der Waals surface area contributed by atoms with E-state index in [1.807, 2.05) is 13.8 Å². The van der Waals surface area contributed by atoms with Crippen LogP contribution in [0.4, 0.5) is 8.78 Å². The van der Waals surface area contributed by atoms with Crippen LogP contribution in [0.25, 0.3) is 0 Å². The molecule has 0 amide bonds. The van der Waals surface area contributed by atoms with Crippen molar-refractivity contribution in [2.75, 3.05) is 6.54 Å². The Morgan fingerprint density at radius 3 is 2.37 bits per heavy atom. The fourth-order valence-corrected chi connectivity index (χ4v) is 2.20. The minimum absolute atomic E-state index is 0.0582. The van der Waals surface area contributed by atoms with Gasteiger partial charge in [-0.15, -0.1) is 0 Å². The van der Waals surface area contributed by atoms with Crippen molar-refractivity contribution in [3.63, 3.8) is 0 Å². The van der Waals surface area contributed by atoms with E-state index in [0.29, 0.717) is 18.0 Å². The fraction of sp³-hybridized carbons (Fsp3) is 0.786. The molecule has 1 heterocycles. The maximum absolute atomic E-state index is 13.3. The predicted octanol–water partition coefficient (Wildman–Crippen LogP) is 3.93. The van der Waals surface area contributed by atoms with E-state index in [0.717, 1.165) is 19.4 Å². The van der Waals surface area contributed by atoms with Gasteiger partial charge in [0.05, 0.1) is 12.2 Å². The molecule has 3 nitrogen and oxygen atoms in total. The maximum atomic E-state index is 13.3. The first-order valence-electron chi connectivity index (χ1n) is 7.06. The Morgan fingerprint density at radius 2 is 1.89 bits per heavy atom. The number of hydrogen-bond acceptors (Lipinski definition) is 2. The van der Waals surface area contributed by atoms with Crippen LogP contribution in [0, 0.1) is 5.92 Å². The summed E-state index contributed by atoms with van der Waals surface area (Å²) >= 11 is 0. The van der Waals surface area contributed by atoms with Crippen molar-refractivity contribution >= 4 is 0 Å². The number of nitrogens with one attached hydrogen (secondary N) is 1. The van der Waals surface area contributed by atoms with Gasteiger partial charge >= 0.3 is 0 Å². The molecule has 1 rings (SSSR count). The molecule has 1 aromatic heterocycles. The Balaban J connectivity index is 2.87. The summed E-state index contributed by atoms with van der Waals surface area (Å²) in [5, 5.41) is 7.37. The number of halogens is 2. The molecule has 0 aliphatic carbocycles. The number of rotatable bonds is 8. The van der Waals surface area contributed by atoms with Crippen LogP contribution in [0.1, 0.15) is 64.3 Å². The van der Waals surface area contributed by atoms with Crippen LogP contribution >= 0.6 is 0 Å². The van der Waals surface area contributed by atoms with Gasteiger partial charge in [-0.2, -0.15) is 5.10 Å². The lowest BCUT2D eigenvalue weighted by Crippen LogP contribution is -2.20. The van der Waals surface area contributed by atoms with E-state index in [1.54, 1.807) is 6.20 Å². The second-order valence-corrected chi connectivity index (χ2v) is 5.30. The standard InChI is InChI=1S/C14H25F2N3/c1-5-12(6-2)19-13(14(15)16)11(9-18-19)8-17-7-10(3)4/h9-10,12,14,17H,5-8H2,1-4H3. The molecular formula is C14H25F2N3. The molecule has 0 atom stereocenters. The van der Waals surface area contributed by atoms with Crippen molar-refractivity contribution in [1.29, 1.82) is 0 Å². The van der Waals surface area contributed by atoms with Gasteiger partial charge in [0.25, 0.3) is 6.43 Å². The molecule has 0 aromatic carbocycles. The summed E-state index contributed by atoms with van der Waals surface area (Å²) in [7, 11) is 0. The summed E-state index contributed by atoms with van der Waals surface area (Å²) in [5.74, 6) is 0.504. The zero-order chi connectivity index (χ0) is 14.4. The summed E-state index contributed by atoms with van der Waals surface area (Å²) in [5.41, 5.74) is 0.688. The third-order valence-corrected chi connectivity index (χ3v) is 3.28. The molecule has 0 aliphatic heterocycles. The number of nitrogens with zero attached hydrogens (tertiary/aromatic N) is 2. The van der Waals surface area contributed by atoms with E-state index < -0.39 is 6.43 Å². The Bertz CT molecular complexity index is 371. The van der Waals surface area contributed by atoms with Gasteiger partial charge in [-0.25, -0.2) is 8.78 Å². The van der Waals surface area contributed by atoms with Gasteiger partial charge in [-0.1, -0.05) is 27.7 Å². The zero-order valence-electron chi connectivity index (χ0n) is 12.3. The summed E-state index contributed by atoms with van der Waals surface area (Å²) in [6.45, 7) is 9.46. The van der Waals surface area contributed by atoms with Gasteiger partial charge in [0, 0.05) is 12.1 Å². The zero-order valence-corrected chi connectivity index (χ0v) is 12.3. The highest BCUT2D eigenvalue weighted by Gasteiger charge is 2.23. The topological polar surface area (TPSA) is 29.9 Å². The largest absolute Gasteiger partial charge is 0.312 e. The summed E-state index contributed by atoms with van der Waals surface area (Å²) in [6, 6.07) is 0.0582. The molecule has 0 saturated carbocycles. The number of hydrogen-bond donors (Lipinski definition) is 1. The van der Waals surface area contributed by atoms with Crippen LogP contribution in [0.3, 0.4) is 0 Å². The van der Waals surface area contributed by atoms with E-state index >= 15 is 0 Å². The summed E-state index contributed by atoms with van der Waals surface area (Å²) in [6.07, 6.45) is 0.736. The molecule has 19 heavy (non-hydrogen) atoms. The molecular weight excluding hydrogens is 248 g/mol. The van der Waals surface area contributed by atoms with Gasteiger partial charge in [-0.05, 0) is 25.3 Å². The van der Waals surface area contributed by atoms with Crippen molar-refractivity contribution < 1.29 is 8.78 Å². The monoisotopic (exact) mass is 273 g/mol. The van der Waals surface area contributed by atoms with Gasteiger partial charge in [0.1, 0.15) is 5.69 Å². The van der Waals surface area contributed by atoms with Crippen LogP contribution in [0.2, 0.25) is 0 Å². The van der Waals surface area contributed by atoms with E-state index in [4.69, 9.17) is 0 Å².